The molecule has 2 N–H and O–H groups in total. The number of hydrogen-bond acceptors (Lipinski definition) is 2. The van der Waals surface area contributed by atoms with Gasteiger partial charge in [0.05, 0.1) is 0 Å². The first-order valence-corrected chi connectivity index (χ1v) is 7.54. The van der Waals surface area contributed by atoms with E-state index >= 15 is 0 Å². The smallest absolute Gasteiger partial charge is 0.130 e. The van der Waals surface area contributed by atoms with Gasteiger partial charge in [0.25, 0.3) is 0 Å². The molecular formula is C18H20FNO. The maximum Gasteiger partial charge on any atom is 0.130 e. The van der Waals surface area contributed by atoms with Crippen LogP contribution in [0.15, 0.2) is 36.4 Å². The Morgan fingerprint density at radius 1 is 0.952 bits per heavy atom. The molecule has 0 amide bonds. The van der Waals surface area contributed by atoms with Gasteiger partial charge in [-0.3, -0.25) is 0 Å². The third-order valence-corrected chi connectivity index (χ3v) is 3.92. The van der Waals surface area contributed by atoms with Crippen LogP contribution in [0.5, 0.6) is 11.5 Å². The second kappa shape index (κ2) is 6.27. The monoisotopic (exact) mass is 285 g/mol. The van der Waals surface area contributed by atoms with E-state index in [4.69, 9.17) is 10.5 Å². The van der Waals surface area contributed by atoms with Crippen LogP contribution < -0.4 is 10.5 Å². The molecule has 0 unspecified atom stereocenters. The topological polar surface area (TPSA) is 35.2 Å². The molecule has 2 nitrogen and oxygen atoms in total. The van der Waals surface area contributed by atoms with Crippen LogP contribution in [0.2, 0.25) is 0 Å². The summed E-state index contributed by atoms with van der Waals surface area (Å²) in [5.41, 5.74) is 9.16. The van der Waals surface area contributed by atoms with E-state index in [-0.39, 0.29) is 5.82 Å². The van der Waals surface area contributed by atoms with Crippen molar-refractivity contribution in [3.05, 3.63) is 58.9 Å². The van der Waals surface area contributed by atoms with Crippen LogP contribution in [0.4, 0.5) is 4.39 Å². The van der Waals surface area contributed by atoms with Crippen molar-refractivity contribution in [3.8, 4) is 11.5 Å². The van der Waals surface area contributed by atoms with Crippen molar-refractivity contribution in [3.63, 3.8) is 0 Å². The molecule has 21 heavy (non-hydrogen) atoms. The quantitative estimate of drug-likeness (QED) is 0.921. The van der Waals surface area contributed by atoms with E-state index in [0.717, 1.165) is 24.2 Å². The highest BCUT2D eigenvalue weighted by Crippen LogP contribution is 2.29. The van der Waals surface area contributed by atoms with Crippen molar-refractivity contribution in [2.75, 3.05) is 6.54 Å². The Balaban J connectivity index is 1.83. The molecule has 0 saturated carbocycles. The highest BCUT2D eigenvalue weighted by atomic mass is 19.1. The summed E-state index contributed by atoms with van der Waals surface area (Å²) in [7, 11) is 0. The largest absolute Gasteiger partial charge is 0.457 e. The number of aryl methyl sites for hydroxylation is 2. The standard InChI is InChI=1S/C18H20FNO/c19-16-9-13(7-8-20)10-18(12-16)21-17-6-5-14-3-1-2-4-15(14)11-17/h5-6,9-12H,1-4,7-8,20H2. The Hall–Kier alpha value is -1.87. The van der Waals surface area contributed by atoms with E-state index in [1.165, 1.54) is 36.1 Å². The lowest BCUT2D eigenvalue weighted by Crippen LogP contribution is -2.03. The lowest BCUT2D eigenvalue weighted by molar-refractivity contribution is 0.474. The number of benzene rings is 2. The summed E-state index contributed by atoms with van der Waals surface area (Å²) < 4.78 is 19.4. The fourth-order valence-electron chi connectivity index (χ4n) is 2.90. The van der Waals surface area contributed by atoms with Gasteiger partial charge in [0.15, 0.2) is 0 Å². The predicted octanol–water partition coefficient (Wildman–Crippen LogP) is 4.00. The van der Waals surface area contributed by atoms with Crippen LogP contribution in [0.3, 0.4) is 0 Å². The Bertz CT molecular complexity index is 639. The molecule has 2 aromatic rings. The van der Waals surface area contributed by atoms with Gasteiger partial charge in [-0.15, -0.1) is 0 Å². The van der Waals surface area contributed by atoms with E-state index in [9.17, 15) is 4.39 Å². The first-order chi connectivity index (χ1) is 10.2. The van der Waals surface area contributed by atoms with Crippen LogP contribution in [-0.2, 0) is 19.3 Å². The molecule has 110 valence electrons. The lowest BCUT2D eigenvalue weighted by atomic mass is 9.92. The van der Waals surface area contributed by atoms with Crippen molar-refractivity contribution in [2.45, 2.75) is 32.1 Å². The van der Waals surface area contributed by atoms with E-state index in [1.54, 1.807) is 0 Å². The molecule has 1 aliphatic carbocycles. The fraction of sp³-hybridized carbons (Fsp3) is 0.333. The second-order valence-corrected chi connectivity index (χ2v) is 5.57. The fourth-order valence-corrected chi connectivity index (χ4v) is 2.90. The summed E-state index contributed by atoms with van der Waals surface area (Å²) in [6.45, 7) is 0.502. The van der Waals surface area contributed by atoms with Crippen molar-refractivity contribution >= 4 is 0 Å². The van der Waals surface area contributed by atoms with Crippen LogP contribution in [0.25, 0.3) is 0 Å². The minimum Gasteiger partial charge on any atom is -0.457 e. The van der Waals surface area contributed by atoms with Gasteiger partial charge in [0.2, 0.25) is 0 Å². The molecule has 0 radical (unpaired) electrons. The second-order valence-electron chi connectivity index (χ2n) is 5.57. The molecule has 0 atom stereocenters. The van der Waals surface area contributed by atoms with Crippen molar-refractivity contribution in [1.82, 2.24) is 0 Å². The van der Waals surface area contributed by atoms with Gasteiger partial charge in [-0.25, -0.2) is 4.39 Å². The number of nitrogens with two attached hydrogens (primary N) is 1. The van der Waals surface area contributed by atoms with E-state index in [1.807, 2.05) is 12.1 Å². The normalized spacial score (nSPS) is 13.8. The first-order valence-electron chi connectivity index (χ1n) is 7.54. The van der Waals surface area contributed by atoms with Crippen LogP contribution in [0, 0.1) is 5.82 Å². The molecule has 0 aliphatic heterocycles. The SMILES string of the molecule is NCCc1cc(F)cc(Oc2ccc3c(c2)CCCC3)c1. The summed E-state index contributed by atoms with van der Waals surface area (Å²) in [5.74, 6) is 1.03. The first kappa shape index (κ1) is 14.1. The number of hydrogen-bond donors (Lipinski definition) is 1. The van der Waals surface area contributed by atoms with Gasteiger partial charge in [-0.2, -0.15) is 0 Å². The molecule has 0 bridgehead atoms. The summed E-state index contributed by atoms with van der Waals surface area (Å²) in [6, 6.07) is 11.0. The van der Waals surface area contributed by atoms with Gasteiger partial charge >= 0.3 is 0 Å². The van der Waals surface area contributed by atoms with Gasteiger partial charge in [-0.05, 0) is 79.6 Å². The predicted molar refractivity (Wildman–Crippen MR) is 82.3 cm³/mol. The van der Waals surface area contributed by atoms with Crippen LogP contribution >= 0.6 is 0 Å². The maximum atomic E-state index is 13.6. The minimum absolute atomic E-state index is 0.283. The summed E-state index contributed by atoms with van der Waals surface area (Å²) in [6.07, 6.45) is 5.40. The number of halogens is 1. The maximum absolute atomic E-state index is 13.6. The molecule has 0 aromatic heterocycles. The third-order valence-electron chi connectivity index (χ3n) is 3.92. The number of fused-ring (bicyclic) bond motifs is 1. The summed E-state index contributed by atoms with van der Waals surface area (Å²) in [5, 5.41) is 0. The molecule has 0 spiro atoms. The zero-order valence-electron chi connectivity index (χ0n) is 12.1. The molecule has 1 aliphatic rings. The number of rotatable bonds is 4. The van der Waals surface area contributed by atoms with Gasteiger partial charge < -0.3 is 10.5 Å². The highest BCUT2D eigenvalue weighted by molar-refractivity contribution is 5.40. The van der Waals surface area contributed by atoms with E-state index in [0.29, 0.717) is 18.7 Å². The Morgan fingerprint density at radius 3 is 2.57 bits per heavy atom. The minimum atomic E-state index is -0.283. The summed E-state index contributed by atoms with van der Waals surface area (Å²) in [4.78, 5) is 0. The van der Waals surface area contributed by atoms with Gasteiger partial charge in [0.1, 0.15) is 17.3 Å². The van der Waals surface area contributed by atoms with Crippen molar-refractivity contribution in [2.24, 2.45) is 5.73 Å². The van der Waals surface area contributed by atoms with Crippen molar-refractivity contribution < 1.29 is 9.13 Å². The Morgan fingerprint density at radius 2 is 1.76 bits per heavy atom. The third kappa shape index (κ3) is 3.42. The number of ether oxygens (including phenoxy) is 1. The average molecular weight is 285 g/mol. The van der Waals surface area contributed by atoms with Gasteiger partial charge in [0, 0.05) is 6.07 Å². The Labute approximate surface area is 124 Å². The summed E-state index contributed by atoms with van der Waals surface area (Å²) >= 11 is 0. The molecule has 3 heteroatoms. The molecular weight excluding hydrogens is 265 g/mol. The molecule has 3 rings (SSSR count). The Kier molecular flexibility index (Phi) is 4.20. The lowest BCUT2D eigenvalue weighted by Gasteiger charge is -2.17. The molecule has 0 heterocycles. The van der Waals surface area contributed by atoms with Gasteiger partial charge in [-0.1, -0.05) is 6.07 Å². The molecule has 0 saturated heterocycles. The van der Waals surface area contributed by atoms with E-state index < -0.39 is 0 Å². The zero-order chi connectivity index (χ0) is 14.7. The zero-order valence-corrected chi connectivity index (χ0v) is 12.1. The van der Waals surface area contributed by atoms with E-state index in [2.05, 4.69) is 12.1 Å². The molecule has 0 fully saturated rings. The highest BCUT2D eigenvalue weighted by Gasteiger charge is 2.10. The van der Waals surface area contributed by atoms with Crippen molar-refractivity contribution in [1.29, 1.82) is 0 Å². The molecule has 2 aromatic carbocycles. The van der Waals surface area contributed by atoms with Crippen LogP contribution in [0.1, 0.15) is 29.5 Å². The van der Waals surface area contributed by atoms with Crippen LogP contribution in [-0.4, -0.2) is 6.54 Å². The average Bonchev–Trinajstić information content (AvgIpc) is 2.47.